The Hall–Kier alpha value is -2.29. The molecule has 3 rings (SSSR count). The van der Waals surface area contributed by atoms with Crippen LogP contribution < -0.4 is 10.6 Å². The van der Waals surface area contributed by atoms with Crippen LogP contribution in [0.3, 0.4) is 0 Å². The second-order valence-electron chi connectivity index (χ2n) is 9.04. The fraction of sp³-hybridized carbons (Fsp3) is 0.762. The standard InChI is InChI=1S/C21H34N4O13/c26-6-11-14(29)16(31)18(33)21(37-11)38-20-17(32)15(30)13(28)10(36-20)5-22-2-1-12(27)25-9(19(34)35)3-8-4-23-7-24-8/h4,7,9-11,13-18,20-22,26,28-33H,1-3,5-6H2,(H,23,24)(H,25,27)(H,34,35)/t9-,10+,11+,13+,14+,15-,16-,17+,18+,20+,21+/m0/s1. The van der Waals surface area contributed by atoms with E-state index in [-0.39, 0.29) is 25.9 Å². The molecule has 11 atom stereocenters. The molecule has 17 nitrogen and oxygen atoms in total. The Morgan fingerprint density at radius 1 is 0.974 bits per heavy atom. The predicted octanol–water partition coefficient (Wildman–Crippen LogP) is -5.87. The fourth-order valence-corrected chi connectivity index (χ4v) is 4.04. The maximum Gasteiger partial charge on any atom is 0.326 e. The molecule has 1 aromatic rings. The molecule has 0 bridgehead atoms. The summed E-state index contributed by atoms with van der Waals surface area (Å²) in [7, 11) is 0. The summed E-state index contributed by atoms with van der Waals surface area (Å²) >= 11 is 0. The number of hydrogen-bond donors (Lipinski definition) is 11. The quantitative estimate of drug-likeness (QED) is 0.108. The summed E-state index contributed by atoms with van der Waals surface area (Å²) in [6.45, 7) is -0.814. The molecule has 0 aromatic carbocycles. The Kier molecular flexibility index (Phi) is 10.9. The Labute approximate surface area is 216 Å². The van der Waals surface area contributed by atoms with Crippen LogP contribution >= 0.6 is 0 Å². The number of carboxylic acid groups (broad SMARTS) is 1. The van der Waals surface area contributed by atoms with Crippen molar-refractivity contribution in [3.05, 3.63) is 18.2 Å². The lowest BCUT2D eigenvalue weighted by Gasteiger charge is -2.44. The van der Waals surface area contributed by atoms with Crippen molar-refractivity contribution in [3.8, 4) is 0 Å². The van der Waals surface area contributed by atoms with E-state index in [4.69, 9.17) is 14.2 Å². The lowest BCUT2D eigenvalue weighted by Crippen LogP contribution is -2.64. The van der Waals surface area contributed by atoms with Crippen LogP contribution in [0.25, 0.3) is 0 Å². The Bertz CT molecular complexity index is 890. The molecule has 2 saturated heterocycles. The number of aliphatic hydroxyl groups is 7. The smallest absolute Gasteiger partial charge is 0.326 e. The van der Waals surface area contributed by atoms with Gasteiger partial charge in [-0.25, -0.2) is 9.78 Å². The topological polar surface area (TPSA) is 276 Å². The summed E-state index contributed by atoms with van der Waals surface area (Å²) in [6, 6.07) is -1.18. The highest BCUT2D eigenvalue weighted by Gasteiger charge is 2.49. The number of nitrogens with one attached hydrogen (secondary N) is 3. The molecule has 2 aliphatic rings. The monoisotopic (exact) mass is 550 g/mol. The zero-order valence-corrected chi connectivity index (χ0v) is 20.1. The number of amides is 1. The Morgan fingerprint density at radius 2 is 1.58 bits per heavy atom. The maximum absolute atomic E-state index is 12.2. The number of H-pyrrole nitrogens is 1. The van der Waals surface area contributed by atoms with Gasteiger partial charge in [-0.15, -0.1) is 0 Å². The minimum Gasteiger partial charge on any atom is -0.480 e. The van der Waals surface area contributed by atoms with Crippen LogP contribution in [-0.4, -0.2) is 150 Å². The molecule has 0 aliphatic carbocycles. The van der Waals surface area contributed by atoms with Crippen LogP contribution in [0, 0.1) is 0 Å². The number of carboxylic acids is 1. The highest BCUT2D eigenvalue weighted by molar-refractivity contribution is 5.83. The van der Waals surface area contributed by atoms with Crippen LogP contribution in [0.5, 0.6) is 0 Å². The molecule has 38 heavy (non-hydrogen) atoms. The van der Waals surface area contributed by atoms with Gasteiger partial charge in [-0.3, -0.25) is 4.79 Å². The first-order valence-electron chi connectivity index (χ1n) is 11.9. The largest absolute Gasteiger partial charge is 0.480 e. The van der Waals surface area contributed by atoms with Crippen molar-refractivity contribution in [1.82, 2.24) is 20.6 Å². The van der Waals surface area contributed by atoms with Crippen LogP contribution in [0.4, 0.5) is 0 Å². The van der Waals surface area contributed by atoms with Gasteiger partial charge in [0, 0.05) is 37.8 Å². The van der Waals surface area contributed by atoms with Crippen molar-refractivity contribution in [2.75, 3.05) is 19.7 Å². The molecule has 2 aliphatic heterocycles. The average molecular weight is 551 g/mol. The molecule has 3 heterocycles. The number of ether oxygens (including phenoxy) is 3. The number of rotatable bonds is 12. The van der Waals surface area contributed by atoms with Crippen molar-refractivity contribution in [1.29, 1.82) is 0 Å². The predicted molar refractivity (Wildman–Crippen MR) is 121 cm³/mol. The summed E-state index contributed by atoms with van der Waals surface area (Å²) in [4.78, 5) is 30.2. The molecule has 216 valence electrons. The van der Waals surface area contributed by atoms with Crippen molar-refractivity contribution >= 4 is 11.9 Å². The van der Waals surface area contributed by atoms with Gasteiger partial charge in [-0.05, 0) is 0 Å². The Balaban J connectivity index is 1.48. The van der Waals surface area contributed by atoms with Crippen LogP contribution in [0.1, 0.15) is 12.1 Å². The number of hydrogen-bond acceptors (Lipinski definition) is 14. The molecule has 0 unspecified atom stereocenters. The van der Waals surface area contributed by atoms with Gasteiger partial charge < -0.3 is 70.7 Å². The van der Waals surface area contributed by atoms with Crippen molar-refractivity contribution in [3.63, 3.8) is 0 Å². The Morgan fingerprint density at radius 3 is 2.13 bits per heavy atom. The number of aliphatic carboxylic acids is 1. The minimum absolute atomic E-state index is 0.00660. The molecular weight excluding hydrogens is 516 g/mol. The number of aromatic amines is 1. The van der Waals surface area contributed by atoms with Gasteiger partial charge in [0.05, 0.1) is 12.9 Å². The average Bonchev–Trinajstić information content (AvgIpc) is 3.40. The summed E-state index contributed by atoms with van der Waals surface area (Å²) in [5.41, 5.74) is 0.528. The number of aromatic nitrogens is 2. The molecular formula is C21H34N4O13. The number of imidazole rings is 1. The number of carbonyl (C=O) groups is 2. The van der Waals surface area contributed by atoms with Gasteiger partial charge in [0.2, 0.25) is 5.91 Å². The normalized spacial score (nSPS) is 36.5. The second-order valence-corrected chi connectivity index (χ2v) is 9.04. The third-order valence-corrected chi connectivity index (χ3v) is 6.27. The highest BCUT2D eigenvalue weighted by Crippen LogP contribution is 2.28. The molecule has 17 heteroatoms. The first kappa shape index (κ1) is 30.3. The maximum atomic E-state index is 12.2. The van der Waals surface area contributed by atoms with Gasteiger partial charge in [-0.2, -0.15) is 0 Å². The van der Waals surface area contributed by atoms with E-state index in [1.807, 2.05) is 0 Å². The molecule has 1 amide bonds. The first-order valence-corrected chi connectivity index (χ1v) is 11.9. The number of carbonyl (C=O) groups excluding carboxylic acids is 1. The van der Waals surface area contributed by atoms with E-state index >= 15 is 0 Å². The van der Waals surface area contributed by atoms with E-state index in [0.29, 0.717) is 5.69 Å². The lowest BCUT2D eigenvalue weighted by molar-refractivity contribution is -0.374. The van der Waals surface area contributed by atoms with E-state index in [2.05, 4.69) is 20.6 Å². The van der Waals surface area contributed by atoms with Crippen molar-refractivity contribution < 1.29 is 64.7 Å². The molecule has 0 saturated carbocycles. The summed E-state index contributed by atoms with van der Waals surface area (Å²) in [6.07, 6.45) is -13.3. The van der Waals surface area contributed by atoms with Gasteiger partial charge in [0.25, 0.3) is 0 Å². The zero-order chi connectivity index (χ0) is 28.0. The fourth-order valence-electron chi connectivity index (χ4n) is 4.04. The van der Waals surface area contributed by atoms with Gasteiger partial charge in [0.1, 0.15) is 54.9 Å². The zero-order valence-electron chi connectivity index (χ0n) is 20.1. The van der Waals surface area contributed by atoms with Crippen LogP contribution in [-0.2, 0) is 30.2 Å². The van der Waals surface area contributed by atoms with Gasteiger partial charge >= 0.3 is 5.97 Å². The molecule has 0 spiro atoms. The molecule has 1 aromatic heterocycles. The summed E-state index contributed by atoms with van der Waals surface area (Å²) < 4.78 is 16.1. The molecule has 11 N–H and O–H groups in total. The van der Waals surface area contributed by atoms with Gasteiger partial charge in [0.15, 0.2) is 12.6 Å². The first-order chi connectivity index (χ1) is 18.0. The van der Waals surface area contributed by atoms with E-state index in [1.54, 1.807) is 0 Å². The summed E-state index contributed by atoms with van der Waals surface area (Å²) in [5, 5.41) is 84.5. The molecule has 2 fully saturated rings. The van der Waals surface area contributed by atoms with Crippen LogP contribution in [0.2, 0.25) is 0 Å². The van der Waals surface area contributed by atoms with E-state index in [0.717, 1.165) is 0 Å². The number of nitrogens with zero attached hydrogens (tertiary/aromatic N) is 1. The third kappa shape index (κ3) is 7.42. The second kappa shape index (κ2) is 13.7. The van der Waals surface area contributed by atoms with Crippen molar-refractivity contribution in [2.45, 2.75) is 80.3 Å². The van der Waals surface area contributed by atoms with Crippen LogP contribution in [0.15, 0.2) is 12.5 Å². The highest BCUT2D eigenvalue weighted by atomic mass is 16.8. The number of aliphatic hydroxyl groups excluding tert-OH is 7. The lowest BCUT2D eigenvalue weighted by atomic mass is 9.98. The SMILES string of the molecule is O=C(CCNC[C@H]1O[C@H](O[C@H]2O[C@H](CO)[C@@H](O)[C@H](O)[C@H]2O)[C@H](O)[C@@H](O)[C@@H]1O)N[C@@H](Cc1cnc[nH]1)C(=O)O. The minimum atomic E-state index is -1.79. The van der Waals surface area contributed by atoms with E-state index < -0.39 is 85.9 Å². The van der Waals surface area contributed by atoms with E-state index in [9.17, 15) is 50.4 Å². The van der Waals surface area contributed by atoms with Crippen molar-refractivity contribution in [2.24, 2.45) is 0 Å². The third-order valence-electron chi connectivity index (χ3n) is 6.27. The summed E-state index contributed by atoms with van der Waals surface area (Å²) in [5.74, 6) is -1.79. The van der Waals surface area contributed by atoms with Gasteiger partial charge in [-0.1, -0.05) is 0 Å². The van der Waals surface area contributed by atoms with E-state index in [1.165, 1.54) is 12.5 Å². The molecule has 0 radical (unpaired) electrons.